The number of esters is 1. The monoisotopic (exact) mass is 318 g/mol. The van der Waals surface area contributed by atoms with Gasteiger partial charge in [-0.2, -0.15) is 0 Å². The van der Waals surface area contributed by atoms with Crippen molar-refractivity contribution in [1.29, 1.82) is 0 Å². The van der Waals surface area contributed by atoms with E-state index >= 15 is 0 Å². The maximum Gasteiger partial charge on any atom is 0.312 e. The van der Waals surface area contributed by atoms with Crippen LogP contribution >= 0.6 is 0 Å². The summed E-state index contributed by atoms with van der Waals surface area (Å²) >= 11 is 0. The third kappa shape index (κ3) is 4.49. The van der Waals surface area contributed by atoms with Gasteiger partial charge in [0.05, 0.1) is 6.42 Å². The summed E-state index contributed by atoms with van der Waals surface area (Å²) in [5, 5.41) is 0. The fourth-order valence-corrected chi connectivity index (χ4v) is 3.23. The average Bonchev–Trinajstić information content (AvgIpc) is 2.62. The molecule has 2 heteroatoms. The predicted molar refractivity (Wildman–Crippen MR) is 95.5 cm³/mol. The predicted octanol–water partition coefficient (Wildman–Crippen LogP) is 4.98. The molecule has 0 saturated heterocycles. The van der Waals surface area contributed by atoms with Crippen LogP contribution in [0.3, 0.4) is 0 Å². The SMILES string of the molecule is O=C(CC1(C#Cc2ccccc2)CCCCC1)Oc1ccccc1. The van der Waals surface area contributed by atoms with E-state index in [-0.39, 0.29) is 11.4 Å². The maximum absolute atomic E-state index is 12.4. The van der Waals surface area contributed by atoms with Crippen LogP contribution in [0.5, 0.6) is 5.75 Å². The summed E-state index contributed by atoms with van der Waals surface area (Å²) in [6.45, 7) is 0. The highest BCUT2D eigenvalue weighted by Crippen LogP contribution is 2.39. The van der Waals surface area contributed by atoms with Gasteiger partial charge < -0.3 is 4.74 Å². The molecule has 3 rings (SSSR count). The molecule has 0 atom stereocenters. The zero-order chi connectivity index (χ0) is 16.7. The number of benzene rings is 2. The molecule has 1 fully saturated rings. The van der Waals surface area contributed by atoms with Crippen molar-refractivity contribution >= 4 is 5.97 Å². The lowest BCUT2D eigenvalue weighted by atomic mass is 9.72. The van der Waals surface area contributed by atoms with Crippen molar-refractivity contribution in [2.75, 3.05) is 0 Å². The molecule has 122 valence electrons. The molecule has 0 N–H and O–H groups in total. The number of ether oxygens (including phenoxy) is 1. The minimum absolute atomic E-state index is 0.189. The van der Waals surface area contributed by atoms with E-state index < -0.39 is 0 Å². The van der Waals surface area contributed by atoms with Gasteiger partial charge in [0, 0.05) is 11.0 Å². The second-order valence-electron chi connectivity index (χ2n) is 6.42. The van der Waals surface area contributed by atoms with Crippen LogP contribution < -0.4 is 4.74 Å². The van der Waals surface area contributed by atoms with Crippen LogP contribution in [0, 0.1) is 17.3 Å². The Kier molecular flexibility index (Phi) is 5.33. The second-order valence-corrected chi connectivity index (χ2v) is 6.42. The summed E-state index contributed by atoms with van der Waals surface area (Å²) in [6, 6.07) is 19.2. The Morgan fingerprint density at radius 3 is 2.21 bits per heavy atom. The van der Waals surface area contributed by atoms with Crippen LogP contribution in [-0.2, 0) is 4.79 Å². The van der Waals surface area contributed by atoms with Gasteiger partial charge in [-0.05, 0) is 37.1 Å². The molecule has 0 spiro atoms. The lowest BCUT2D eigenvalue weighted by molar-refractivity contribution is -0.136. The number of rotatable bonds is 3. The molecule has 0 aromatic heterocycles. The standard InChI is InChI=1S/C22H22O2/c23-21(24-20-12-6-2-7-13-20)18-22(15-8-3-9-16-22)17-14-19-10-4-1-5-11-19/h1-2,4-7,10-13H,3,8-9,15-16,18H2. The Bertz CT molecular complexity index is 717. The summed E-state index contributed by atoms with van der Waals surface area (Å²) in [5.74, 6) is 7.10. The van der Waals surface area contributed by atoms with Gasteiger partial charge in [-0.3, -0.25) is 4.79 Å². The highest BCUT2D eigenvalue weighted by atomic mass is 16.5. The van der Waals surface area contributed by atoms with Crippen molar-refractivity contribution in [3.63, 3.8) is 0 Å². The van der Waals surface area contributed by atoms with Crippen molar-refractivity contribution in [2.24, 2.45) is 5.41 Å². The van der Waals surface area contributed by atoms with E-state index in [0.29, 0.717) is 12.2 Å². The molecule has 0 unspecified atom stereocenters. The molecule has 2 nitrogen and oxygen atoms in total. The lowest BCUT2D eigenvalue weighted by Gasteiger charge is -2.31. The van der Waals surface area contributed by atoms with Crippen LogP contribution in [0.4, 0.5) is 0 Å². The molecular weight excluding hydrogens is 296 g/mol. The van der Waals surface area contributed by atoms with Crippen molar-refractivity contribution in [2.45, 2.75) is 38.5 Å². The van der Waals surface area contributed by atoms with Crippen LogP contribution in [0.1, 0.15) is 44.1 Å². The molecule has 0 heterocycles. The van der Waals surface area contributed by atoms with Gasteiger partial charge in [0.25, 0.3) is 0 Å². The van der Waals surface area contributed by atoms with Crippen LogP contribution in [0.25, 0.3) is 0 Å². The Hall–Kier alpha value is -2.53. The Balaban J connectivity index is 1.74. The summed E-state index contributed by atoms with van der Waals surface area (Å²) in [6.07, 6.45) is 5.78. The summed E-state index contributed by atoms with van der Waals surface area (Å²) < 4.78 is 5.49. The van der Waals surface area contributed by atoms with Gasteiger partial charge in [0.15, 0.2) is 0 Å². The first-order chi connectivity index (χ1) is 11.8. The van der Waals surface area contributed by atoms with Crippen LogP contribution in [0.2, 0.25) is 0 Å². The third-order valence-electron chi connectivity index (χ3n) is 4.51. The molecule has 0 radical (unpaired) electrons. The minimum atomic E-state index is -0.250. The largest absolute Gasteiger partial charge is 0.426 e. The summed E-state index contributed by atoms with van der Waals surface area (Å²) in [5.41, 5.74) is 0.749. The van der Waals surface area contributed by atoms with Gasteiger partial charge >= 0.3 is 5.97 Å². The topological polar surface area (TPSA) is 26.3 Å². The van der Waals surface area contributed by atoms with E-state index in [1.165, 1.54) is 6.42 Å². The van der Waals surface area contributed by atoms with Gasteiger partial charge in [0.2, 0.25) is 0 Å². The highest BCUT2D eigenvalue weighted by molar-refractivity contribution is 5.73. The molecule has 24 heavy (non-hydrogen) atoms. The first-order valence-corrected chi connectivity index (χ1v) is 8.60. The smallest absolute Gasteiger partial charge is 0.312 e. The molecule has 0 aliphatic heterocycles. The first kappa shape index (κ1) is 16.3. The van der Waals surface area contributed by atoms with E-state index in [9.17, 15) is 4.79 Å². The molecular formula is C22H22O2. The molecule has 2 aromatic rings. The second kappa shape index (κ2) is 7.84. The van der Waals surface area contributed by atoms with E-state index in [1.54, 1.807) is 12.1 Å². The summed E-state index contributed by atoms with van der Waals surface area (Å²) in [4.78, 5) is 12.4. The quantitative estimate of drug-likeness (QED) is 0.453. The maximum atomic E-state index is 12.4. The molecule has 0 bridgehead atoms. The van der Waals surface area contributed by atoms with Crippen molar-refractivity contribution < 1.29 is 9.53 Å². The van der Waals surface area contributed by atoms with Gasteiger partial charge in [-0.15, -0.1) is 0 Å². The molecule has 1 aliphatic carbocycles. The van der Waals surface area contributed by atoms with Gasteiger partial charge in [-0.1, -0.05) is 67.5 Å². The molecule has 2 aromatic carbocycles. The van der Waals surface area contributed by atoms with Crippen LogP contribution in [-0.4, -0.2) is 5.97 Å². The molecule has 1 aliphatic rings. The zero-order valence-electron chi connectivity index (χ0n) is 13.8. The number of carbonyl (C=O) groups excluding carboxylic acids is 1. The average molecular weight is 318 g/mol. The Morgan fingerprint density at radius 1 is 0.917 bits per heavy atom. The Labute approximate surface area is 143 Å². The summed E-state index contributed by atoms with van der Waals surface area (Å²) in [7, 11) is 0. The van der Waals surface area contributed by atoms with Crippen LogP contribution in [0.15, 0.2) is 60.7 Å². The van der Waals surface area contributed by atoms with Gasteiger partial charge in [-0.25, -0.2) is 0 Å². The number of hydrogen-bond donors (Lipinski definition) is 0. The van der Waals surface area contributed by atoms with Gasteiger partial charge in [0.1, 0.15) is 5.75 Å². The Morgan fingerprint density at radius 2 is 1.54 bits per heavy atom. The van der Waals surface area contributed by atoms with Crippen molar-refractivity contribution in [1.82, 2.24) is 0 Å². The zero-order valence-corrected chi connectivity index (χ0v) is 13.8. The van der Waals surface area contributed by atoms with Crippen molar-refractivity contribution in [3.8, 4) is 17.6 Å². The fraction of sp³-hybridized carbons (Fsp3) is 0.318. The molecule has 0 amide bonds. The normalized spacial score (nSPS) is 15.8. The van der Waals surface area contributed by atoms with E-state index in [0.717, 1.165) is 31.2 Å². The lowest BCUT2D eigenvalue weighted by Crippen LogP contribution is -2.28. The number of carbonyl (C=O) groups is 1. The number of para-hydroxylation sites is 1. The third-order valence-corrected chi connectivity index (χ3v) is 4.51. The van der Waals surface area contributed by atoms with Crippen molar-refractivity contribution in [3.05, 3.63) is 66.2 Å². The fourth-order valence-electron chi connectivity index (χ4n) is 3.23. The first-order valence-electron chi connectivity index (χ1n) is 8.60. The number of hydrogen-bond acceptors (Lipinski definition) is 2. The van der Waals surface area contributed by atoms with E-state index in [2.05, 4.69) is 11.8 Å². The van der Waals surface area contributed by atoms with E-state index in [4.69, 9.17) is 4.74 Å². The van der Waals surface area contributed by atoms with E-state index in [1.807, 2.05) is 48.5 Å². The molecule has 1 saturated carbocycles. The minimum Gasteiger partial charge on any atom is -0.426 e. The highest BCUT2D eigenvalue weighted by Gasteiger charge is 2.33.